The summed E-state index contributed by atoms with van der Waals surface area (Å²) in [7, 11) is 1.34. The number of hydrogen-bond donors (Lipinski definition) is 0. The third kappa shape index (κ3) is 3.05. The van der Waals surface area contributed by atoms with Gasteiger partial charge in [-0.3, -0.25) is 9.59 Å². The highest BCUT2D eigenvalue weighted by Gasteiger charge is 2.30. The Morgan fingerprint density at radius 3 is 2.57 bits per heavy atom. The molecule has 110 valence electrons. The van der Waals surface area contributed by atoms with E-state index in [1.165, 1.54) is 7.11 Å². The second-order valence-corrected chi connectivity index (χ2v) is 5.48. The van der Waals surface area contributed by atoms with Crippen molar-refractivity contribution >= 4 is 23.0 Å². The third-order valence-corrected chi connectivity index (χ3v) is 3.38. The lowest BCUT2D eigenvalue weighted by Crippen LogP contribution is -2.32. The largest absolute Gasteiger partial charge is 0.492 e. The van der Waals surface area contributed by atoms with Crippen LogP contribution in [0.25, 0.3) is 10.8 Å². The first kappa shape index (κ1) is 15.0. The van der Waals surface area contributed by atoms with Crippen LogP contribution in [0.4, 0.5) is 0 Å². The van der Waals surface area contributed by atoms with Gasteiger partial charge >= 0.3 is 5.97 Å². The molecule has 0 unspecified atom stereocenters. The second-order valence-electron chi connectivity index (χ2n) is 5.48. The van der Waals surface area contributed by atoms with E-state index in [0.717, 1.165) is 17.1 Å². The van der Waals surface area contributed by atoms with Crippen LogP contribution in [0.1, 0.15) is 24.2 Å². The van der Waals surface area contributed by atoms with Crippen LogP contribution in [0.2, 0.25) is 0 Å². The van der Waals surface area contributed by atoms with Gasteiger partial charge in [0, 0.05) is 0 Å². The fraction of sp³-hybridized carbons (Fsp3) is 0.294. The maximum atomic E-state index is 11.6. The van der Waals surface area contributed by atoms with Crippen molar-refractivity contribution in [3.8, 4) is 5.75 Å². The molecular formula is C17H18O4. The van der Waals surface area contributed by atoms with Crippen LogP contribution in [-0.4, -0.2) is 26.0 Å². The number of aldehydes is 1. The van der Waals surface area contributed by atoms with Crippen molar-refractivity contribution in [1.29, 1.82) is 0 Å². The average Bonchev–Trinajstić information content (AvgIpc) is 2.51. The van der Waals surface area contributed by atoms with Crippen LogP contribution >= 0.6 is 0 Å². The number of benzene rings is 2. The first-order chi connectivity index (χ1) is 9.99. The van der Waals surface area contributed by atoms with Gasteiger partial charge in [-0.25, -0.2) is 0 Å². The summed E-state index contributed by atoms with van der Waals surface area (Å²) in [5.74, 6) is 0.122. The molecule has 0 amide bonds. The zero-order valence-electron chi connectivity index (χ0n) is 12.4. The van der Waals surface area contributed by atoms with Gasteiger partial charge in [-0.05, 0) is 30.7 Å². The van der Waals surface area contributed by atoms with Crippen molar-refractivity contribution in [2.75, 3.05) is 13.7 Å². The number of esters is 1. The van der Waals surface area contributed by atoms with E-state index in [1.807, 2.05) is 30.3 Å². The van der Waals surface area contributed by atoms with Crippen LogP contribution in [0.15, 0.2) is 36.4 Å². The Morgan fingerprint density at radius 1 is 1.19 bits per heavy atom. The monoisotopic (exact) mass is 286 g/mol. The molecule has 21 heavy (non-hydrogen) atoms. The highest BCUT2D eigenvalue weighted by Crippen LogP contribution is 2.28. The predicted octanol–water partition coefficient (Wildman–Crippen LogP) is 3.23. The van der Waals surface area contributed by atoms with Gasteiger partial charge in [-0.15, -0.1) is 0 Å². The van der Waals surface area contributed by atoms with E-state index in [9.17, 15) is 9.59 Å². The van der Waals surface area contributed by atoms with Crippen molar-refractivity contribution in [1.82, 2.24) is 0 Å². The van der Waals surface area contributed by atoms with Gasteiger partial charge in [0.05, 0.1) is 18.1 Å². The Kier molecular flexibility index (Phi) is 4.26. The minimum Gasteiger partial charge on any atom is -0.492 e. The molecule has 0 aromatic heterocycles. The van der Waals surface area contributed by atoms with Gasteiger partial charge in [-0.2, -0.15) is 0 Å². The van der Waals surface area contributed by atoms with E-state index in [2.05, 4.69) is 0 Å². The molecule has 0 saturated heterocycles. The summed E-state index contributed by atoms with van der Waals surface area (Å²) in [6.07, 6.45) is 0.781. The number of rotatable bonds is 5. The summed E-state index contributed by atoms with van der Waals surface area (Å²) in [4.78, 5) is 23.0. The van der Waals surface area contributed by atoms with Crippen molar-refractivity contribution in [2.24, 2.45) is 5.41 Å². The Bertz CT molecular complexity index is 674. The zero-order chi connectivity index (χ0) is 15.5. The number of methoxy groups -OCH3 is 1. The Balaban J connectivity index is 2.31. The normalized spacial score (nSPS) is 11.2. The summed E-state index contributed by atoms with van der Waals surface area (Å²) in [6, 6.07) is 11.2. The van der Waals surface area contributed by atoms with Crippen molar-refractivity contribution in [3.05, 3.63) is 42.0 Å². The molecule has 0 radical (unpaired) electrons. The molecule has 0 saturated carbocycles. The molecule has 0 N–H and O–H groups in total. The predicted molar refractivity (Wildman–Crippen MR) is 80.6 cm³/mol. The minimum absolute atomic E-state index is 0.138. The van der Waals surface area contributed by atoms with E-state index in [4.69, 9.17) is 9.47 Å². The Labute approximate surface area is 123 Å². The molecule has 2 aromatic rings. The highest BCUT2D eigenvalue weighted by atomic mass is 16.5. The van der Waals surface area contributed by atoms with Gasteiger partial charge in [0.1, 0.15) is 12.4 Å². The van der Waals surface area contributed by atoms with Crippen LogP contribution in [-0.2, 0) is 9.53 Å². The fourth-order valence-corrected chi connectivity index (χ4v) is 2.12. The number of hydrogen-bond acceptors (Lipinski definition) is 4. The molecule has 0 aliphatic heterocycles. The van der Waals surface area contributed by atoms with Crippen molar-refractivity contribution in [3.63, 3.8) is 0 Å². The van der Waals surface area contributed by atoms with Crippen LogP contribution in [0.5, 0.6) is 5.75 Å². The lowest BCUT2D eigenvalue weighted by molar-refractivity contribution is -0.152. The van der Waals surface area contributed by atoms with E-state index in [0.29, 0.717) is 11.3 Å². The molecule has 0 atom stereocenters. The maximum Gasteiger partial charge on any atom is 0.314 e. The molecule has 2 aromatic carbocycles. The third-order valence-electron chi connectivity index (χ3n) is 3.38. The lowest BCUT2D eigenvalue weighted by Gasteiger charge is -2.22. The zero-order valence-corrected chi connectivity index (χ0v) is 12.4. The second kappa shape index (κ2) is 5.95. The molecule has 4 heteroatoms. The van der Waals surface area contributed by atoms with Crippen LogP contribution < -0.4 is 4.74 Å². The SMILES string of the molecule is COC(=O)C(C)(C)COc1ccc2ccccc2c1C=O. The lowest BCUT2D eigenvalue weighted by atomic mass is 9.95. The molecule has 0 spiro atoms. The van der Waals surface area contributed by atoms with Gasteiger partial charge in [0.2, 0.25) is 0 Å². The minimum atomic E-state index is -0.777. The number of fused-ring (bicyclic) bond motifs is 1. The summed E-state index contributed by atoms with van der Waals surface area (Å²) in [6.45, 7) is 3.61. The van der Waals surface area contributed by atoms with E-state index >= 15 is 0 Å². The molecule has 2 rings (SSSR count). The molecule has 0 aliphatic carbocycles. The molecule has 0 bridgehead atoms. The Morgan fingerprint density at radius 2 is 1.90 bits per heavy atom. The highest BCUT2D eigenvalue weighted by molar-refractivity contribution is 6.00. The quantitative estimate of drug-likeness (QED) is 0.625. The number of ether oxygens (including phenoxy) is 2. The van der Waals surface area contributed by atoms with Gasteiger partial charge in [-0.1, -0.05) is 30.3 Å². The summed E-state index contributed by atoms with van der Waals surface area (Å²) >= 11 is 0. The van der Waals surface area contributed by atoms with Gasteiger partial charge in [0.15, 0.2) is 6.29 Å². The van der Waals surface area contributed by atoms with E-state index < -0.39 is 5.41 Å². The number of carbonyl (C=O) groups excluding carboxylic acids is 2. The van der Waals surface area contributed by atoms with Crippen molar-refractivity contribution < 1.29 is 19.1 Å². The Hall–Kier alpha value is -2.36. The standard InChI is InChI=1S/C17H18O4/c1-17(2,16(19)20-3)11-21-15-9-8-12-6-4-5-7-13(12)14(15)10-18/h4-10H,11H2,1-3H3. The van der Waals surface area contributed by atoms with Crippen LogP contribution in [0.3, 0.4) is 0 Å². The average molecular weight is 286 g/mol. The molecule has 0 heterocycles. The van der Waals surface area contributed by atoms with E-state index in [-0.39, 0.29) is 12.6 Å². The first-order valence-electron chi connectivity index (χ1n) is 6.68. The van der Waals surface area contributed by atoms with Crippen LogP contribution in [0, 0.1) is 5.41 Å². The maximum absolute atomic E-state index is 11.6. The summed E-state index contributed by atoms with van der Waals surface area (Å²) < 4.78 is 10.4. The fourth-order valence-electron chi connectivity index (χ4n) is 2.12. The summed E-state index contributed by atoms with van der Waals surface area (Å²) in [5.41, 5.74) is -0.283. The van der Waals surface area contributed by atoms with Gasteiger partial charge < -0.3 is 9.47 Å². The van der Waals surface area contributed by atoms with E-state index in [1.54, 1.807) is 19.9 Å². The topological polar surface area (TPSA) is 52.6 Å². The number of carbonyl (C=O) groups is 2. The molecule has 0 aliphatic rings. The molecule has 0 fully saturated rings. The van der Waals surface area contributed by atoms with Crippen molar-refractivity contribution in [2.45, 2.75) is 13.8 Å². The molecular weight excluding hydrogens is 268 g/mol. The first-order valence-corrected chi connectivity index (χ1v) is 6.68. The summed E-state index contributed by atoms with van der Waals surface area (Å²) in [5, 5.41) is 1.81. The molecule has 4 nitrogen and oxygen atoms in total. The van der Waals surface area contributed by atoms with Gasteiger partial charge in [0.25, 0.3) is 0 Å². The smallest absolute Gasteiger partial charge is 0.314 e.